The molecule has 1 N–H and O–H groups in total. The normalized spacial score (nSPS) is 30.3. The minimum atomic E-state index is -0.439. The first-order chi connectivity index (χ1) is 9.08. The molecular formula is C15H17FN2O. The van der Waals surface area contributed by atoms with Gasteiger partial charge in [-0.3, -0.25) is 9.79 Å². The maximum Gasteiger partial charge on any atom is 0.272 e. The van der Waals surface area contributed by atoms with Gasteiger partial charge in [0.05, 0.1) is 0 Å². The first kappa shape index (κ1) is 12.3. The van der Waals surface area contributed by atoms with E-state index >= 15 is 0 Å². The Morgan fingerprint density at radius 3 is 2.79 bits per heavy atom. The van der Waals surface area contributed by atoms with E-state index in [0.717, 1.165) is 25.7 Å². The van der Waals surface area contributed by atoms with Gasteiger partial charge in [0.2, 0.25) is 0 Å². The fraction of sp³-hybridized carbons (Fsp3) is 0.467. The molecule has 3 rings (SSSR count). The lowest BCUT2D eigenvalue weighted by molar-refractivity contribution is -0.115. The lowest BCUT2D eigenvalue weighted by atomic mass is 9.83. The van der Waals surface area contributed by atoms with Crippen LogP contribution in [-0.4, -0.2) is 17.3 Å². The number of hydrogen-bond donors (Lipinski definition) is 1. The molecule has 1 aromatic carbocycles. The Balaban J connectivity index is 1.92. The average Bonchev–Trinajstić information content (AvgIpc) is 2.71. The molecule has 0 atom stereocenters. The summed E-state index contributed by atoms with van der Waals surface area (Å²) in [4.78, 5) is 16.7. The highest BCUT2D eigenvalue weighted by atomic mass is 19.1. The number of hydrogen-bond acceptors (Lipinski definition) is 2. The van der Waals surface area contributed by atoms with Crippen molar-refractivity contribution in [2.24, 2.45) is 10.9 Å². The van der Waals surface area contributed by atoms with Crippen LogP contribution in [0.4, 0.5) is 4.39 Å². The molecule has 19 heavy (non-hydrogen) atoms. The van der Waals surface area contributed by atoms with Gasteiger partial charge in [0, 0.05) is 5.56 Å². The molecule has 1 spiro atoms. The van der Waals surface area contributed by atoms with Crippen LogP contribution in [0, 0.1) is 11.7 Å². The van der Waals surface area contributed by atoms with Gasteiger partial charge in [-0.1, -0.05) is 19.1 Å². The molecule has 3 nitrogen and oxygen atoms in total. The van der Waals surface area contributed by atoms with E-state index < -0.39 is 5.66 Å². The smallest absolute Gasteiger partial charge is 0.272 e. The third-order valence-corrected chi connectivity index (χ3v) is 4.09. The number of aliphatic imine (C=N–C) groups is 1. The van der Waals surface area contributed by atoms with Crippen molar-refractivity contribution in [2.45, 2.75) is 38.3 Å². The van der Waals surface area contributed by atoms with Crippen LogP contribution in [0.15, 0.2) is 29.3 Å². The zero-order valence-corrected chi connectivity index (χ0v) is 10.9. The molecule has 100 valence electrons. The largest absolute Gasteiger partial charge is 0.326 e. The van der Waals surface area contributed by atoms with Crippen LogP contribution in [0.1, 0.15) is 38.2 Å². The zero-order valence-electron chi connectivity index (χ0n) is 10.9. The number of carbonyl (C=O) groups is 1. The van der Waals surface area contributed by atoms with Gasteiger partial charge < -0.3 is 5.32 Å². The second-order valence-electron chi connectivity index (χ2n) is 5.64. The predicted octanol–water partition coefficient (Wildman–Crippen LogP) is 2.65. The Hall–Kier alpha value is -1.71. The van der Waals surface area contributed by atoms with Crippen LogP contribution in [-0.2, 0) is 4.79 Å². The highest BCUT2D eigenvalue weighted by molar-refractivity contribution is 6.46. The highest BCUT2D eigenvalue weighted by Gasteiger charge is 2.41. The van der Waals surface area contributed by atoms with Crippen molar-refractivity contribution in [1.82, 2.24) is 5.32 Å². The third-order valence-electron chi connectivity index (χ3n) is 4.09. The molecule has 0 aromatic heterocycles. The molecule has 1 fully saturated rings. The number of carbonyl (C=O) groups excluding carboxylic acids is 1. The second-order valence-corrected chi connectivity index (χ2v) is 5.64. The van der Waals surface area contributed by atoms with Crippen LogP contribution in [0.3, 0.4) is 0 Å². The Morgan fingerprint density at radius 1 is 1.37 bits per heavy atom. The summed E-state index contributed by atoms with van der Waals surface area (Å²) in [5.41, 5.74) is 0.493. The van der Waals surface area contributed by atoms with E-state index in [-0.39, 0.29) is 11.7 Å². The SMILES string of the molecule is CC1CCC2(CC1)N=C(c1cccc(F)c1)C(=O)N2. The van der Waals surface area contributed by atoms with Crippen molar-refractivity contribution in [3.05, 3.63) is 35.6 Å². The second kappa shape index (κ2) is 4.44. The average molecular weight is 260 g/mol. The molecule has 1 heterocycles. The Morgan fingerprint density at radius 2 is 2.11 bits per heavy atom. The van der Waals surface area contributed by atoms with Crippen molar-refractivity contribution in [2.75, 3.05) is 0 Å². The minimum Gasteiger partial charge on any atom is -0.326 e. The first-order valence-electron chi connectivity index (χ1n) is 6.76. The minimum absolute atomic E-state index is 0.180. The van der Waals surface area contributed by atoms with Crippen molar-refractivity contribution in [3.8, 4) is 0 Å². The van der Waals surface area contributed by atoms with Gasteiger partial charge >= 0.3 is 0 Å². The van der Waals surface area contributed by atoms with Crippen LogP contribution >= 0.6 is 0 Å². The van der Waals surface area contributed by atoms with Crippen molar-refractivity contribution < 1.29 is 9.18 Å². The van der Waals surface area contributed by atoms with E-state index in [1.54, 1.807) is 12.1 Å². The van der Waals surface area contributed by atoms with Crippen molar-refractivity contribution >= 4 is 11.6 Å². The summed E-state index contributed by atoms with van der Waals surface area (Å²) < 4.78 is 13.2. The number of benzene rings is 1. The summed E-state index contributed by atoms with van der Waals surface area (Å²) in [6, 6.07) is 6.07. The summed E-state index contributed by atoms with van der Waals surface area (Å²) >= 11 is 0. The Labute approximate surface area is 111 Å². The quantitative estimate of drug-likeness (QED) is 0.828. The Bertz CT molecular complexity index is 545. The molecule has 1 amide bonds. The zero-order chi connectivity index (χ0) is 13.5. The third kappa shape index (κ3) is 2.27. The summed E-state index contributed by atoms with van der Waals surface area (Å²) in [6.45, 7) is 2.22. The van der Waals surface area contributed by atoms with Crippen molar-refractivity contribution in [3.63, 3.8) is 0 Å². The van der Waals surface area contributed by atoms with Crippen LogP contribution < -0.4 is 5.32 Å². The summed E-state index contributed by atoms with van der Waals surface area (Å²) in [5, 5.41) is 2.99. The van der Waals surface area contributed by atoms with Gasteiger partial charge in [-0.2, -0.15) is 0 Å². The molecule has 0 radical (unpaired) electrons. The van der Waals surface area contributed by atoms with E-state index in [0.29, 0.717) is 17.2 Å². The van der Waals surface area contributed by atoms with E-state index in [4.69, 9.17) is 0 Å². The lowest BCUT2D eigenvalue weighted by Gasteiger charge is -2.33. The molecule has 0 unspecified atom stereocenters. The van der Waals surface area contributed by atoms with Crippen LogP contribution in [0.25, 0.3) is 0 Å². The first-order valence-corrected chi connectivity index (χ1v) is 6.76. The molecule has 0 bridgehead atoms. The lowest BCUT2D eigenvalue weighted by Crippen LogP contribution is -2.44. The number of rotatable bonds is 1. The molecule has 0 saturated heterocycles. The molecule has 1 aliphatic heterocycles. The predicted molar refractivity (Wildman–Crippen MR) is 71.4 cm³/mol. The maximum absolute atomic E-state index is 13.2. The van der Waals surface area contributed by atoms with E-state index in [1.807, 2.05) is 0 Å². The fourth-order valence-electron chi connectivity index (χ4n) is 2.87. The summed E-state index contributed by atoms with van der Waals surface area (Å²) in [5.74, 6) is 0.169. The molecule has 2 aliphatic rings. The number of halogens is 1. The van der Waals surface area contributed by atoms with Crippen LogP contribution in [0.2, 0.25) is 0 Å². The molecule has 1 saturated carbocycles. The number of amides is 1. The molecule has 1 aromatic rings. The van der Waals surface area contributed by atoms with E-state index in [1.165, 1.54) is 12.1 Å². The molecule has 1 aliphatic carbocycles. The van der Waals surface area contributed by atoms with Crippen molar-refractivity contribution in [1.29, 1.82) is 0 Å². The molecular weight excluding hydrogens is 243 g/mol. The summed E-state index contributed by atoms with van der Waals surface area (Å²) in [7, 11) is 0. The Kier molecular flexibility index (Phi) is 2.88. The number of nitrogens with one attached hydrogen (secondary N) is 1. The van der Waals surface area contributed by atoms with Gasteiger partial charge in [0.1, 0.15) is 17.2 Å². The van der Waals surface area contributed by atoms with Gasteiger partial charge in [-0.25, -0.2) is 4.39 Å². The number of nitrogens with zero attached hydrogens (tertiary/aromatic N) is 1. The van der Waals surface area contributed by atoms with Gasteiger partial charge in [-0.15, -0.1) is 0 Å². The fourth-order valence-corrected chi connectivity index (χ4v) is 2.87. The van der Waals surface area contributed by atoms with Crippen LogP contribution in [0.5, 0.6) is 0 Å². The standard InChI is InChI=1S/C15H17FN2O/c1-10-5-7-15(8-6-10)17-13(14(19)18-15)11-3-2-4-12(16)9-11/h2-4,9-10H,5-8H2,1H3,(H,18,19). The summed E-state index contributed by atoms with van der Waals surface area (Å²) in [6.07, 6.45) is 3.89. The maximum atomic E-state index is 13.2. The van der Waals surface area contributed by atoms with Gasteiger partial charge in [0.15, 0.2) is 0 Å². The molecule has 4 heteroatoms. The monoisotopic (exact) mass is 260 g/mol. The topological polar surface area (TPSA) is 41.5 Å². The van der Waals surface area contributed by atoms with E-state index in [2.05, 4.69) is 17.2 Å². The van der Waals surface area contributed by atoms with Gasteiger partial charge in [0.25, 0.3) is 5.91 Å². The highest BCUT2D eigenvalue weighted by Crippen LogP contribution is 2.35. The van der Waals surface area contributed by atoms with Gasteiger partial charge in [-0.05, 0) is 43.7 Å². The van der Waals surface area contributed by atoms with E-state index in [9.17, 15) is 9.18 Å².